The quantitative estimate of drug-likeness (QED) is 0.908. The van der Waals surface area contributed by atoms with Gasteiger partial charge >= 0.3 is 0 Å². The summed E-state index contributed by atoms with van der Waals surface area (Å²) in [6.45, 7) is 2.86. The Morgan fingerprint density at radius 1 is 1.35 bits per heavy atom. The van der Waals surface area contributed by atoms with E-state index in [1.807, 2.05) is 0 Å². The first-order valence-corrected chi connectivity index (χ1v) is 8.12. The molecule has 0 aromatic heterocycles. The predicted molar refractivity (Wildman–Crippen MR) is 81.0 cm³/mol. The highest BCUT2D eigenvalue weighted by Crippen LogP contribution is 2.41. The third kappa shape index (κ3) is 2.91. The van der Waals surface area contributed by atoms with E-state index in [2.05, 4.69) is 31.2 Å². The Labute approximate surface area is 122 Å². The number of ether oxygens (including phenoxy) is 1. The maximum absolute atomic E-state index is 11.0. The number of benzene rings is 1. The molecular formula is C18H26O2. The fourth-order valence-corrected chi connectivity index (χ4v) is 3.97. The smallest absolute Gasteiger partial charge is 0.0700 e. The maximum Gasteiger partial charge on any atom is 0.0700 e. The highest BCUT2D eigenvalue weighted by Gasteiger charge is 2.37. The van der Waals surface area contributed by atoms with Crippen LogP contribution in [0.15, 0.2) is 24.3 Å². The van der Waals surface area contributed by atoms with Crippen molar-refractivity contribution >= 4 is 0 Å². The van der Waals surface area contributed by atoms with Crippen molar-refractivity contribution in [3.63, 3.8) is 0 Å². The number of aryl methyl sites for hydroxylation is 1. The summed E-state index contributed by atoms with van der Waals surface area (Å²) >= 11 is 0. The first-order valence-electron chi connectivity index (χ1n) is 8.12. The summed E-state index contributed by atoms with van der Waals surface area (Å²) < 4.78 is 5.72. The van der Waals surface area contributed by atoms with Crippen molar-refractivity contribution in [2.24, 2.45) is 0 Å². The lowest BCUT2D eigenvalue weighted by molar-refractivity contribution is -0.110. The van der Waals surface area contributed by atoms with Gasteiger partial charge in [0.1, 0.15) is 0 Å². The van der Waals surface area contributed by atoms with E-state index in [0.29, 0.717) is 12.5 Å². The monoisotopic (exact) mass is 274 g/mol. The molecule has 1 aliphatic heterocycles. The van der Waals surface area contributed by atoms with Crippen LogP contribution in [0.5, 0.6) is 0 Å². The second-order valence-electron chi connectivity index (χ2n) is 6.57. The van der Waals surface area contributed by atoms with E-state index < -0.39 is 5.60 Å². The van der Waals surface area contributed by atoms with Gasteiger partial charge in [-0.25, -0.2) is 0 Å². The molecule has 110 valence electrons. The molecule has 1 aromatic rings. The van der Waals surface area contributed by atoms with Gasteiger partial charge in [-0.05, 0) is 55.6 Å². The molecule has 1 N–H and O–H groups in total. The van der Waals surface area contributed by atoms with Crippen LogP contribution in [0, 0.1) is 0 Å². The topological polar surface area (TPSA) is 29.5 Å². The van der Waals surface area contributed by atoms with Gasteiger partial charge in [0.15, 0.2) is 0 Å². The first-order chi connectivity index (χ1) is 9.70. The predicted octanol–water partition coefficient (Wildman–Crippen LogP) is 3.82. The van der Waals surface area contributed by atoms with Crippen LogP contribution in [-0.2, 0) is 11.2 Å². The molecule has 2 aliphatic rings. The molecule has 3 unspecified atom stereocenters. The van der Waals surface area contributed by atoms with Crippen molar-refractivity contribution in [3.05, 3.63) is 35.4 Å². The highest BCUT2D eigenvalue weighted by atomic mass is 16.5. The number of hydrogen-bond acceptors (Lipinski definition) is 2. The molecule has 20 heavy (non-hydrogen) atoms. The zero-order valence-electron chi connectivity index (χ0n) is 12.5. The van der Waals surface area contributed by atoms with Crippen molar-refractivity contribution in [1.29, 1.82) is 0 Å². The van der Waals surface area contributed by atoms with Crippen LogP contribution in [0.2, 0.25) is 0 Å². The molecule has 1 saturated heterocycles. The van der Waals surface area contributed by atoms with Crippen LogP contribution in [0.25, 0.3) is 0 Å². The summed E-state index contributed by atoms with van der Waals surface area (Å²) in [6.07, 6.45) is 7.43. The van der Waals surface area contributed by atoms with Gasteiger partial charge in [0.25, 0.3) is 0 Å². The molecule has 0 radical (unpaired) electrons. The number of fused-ring (bicyclic) bond motifs is 1. The van der Waals surface area contributed by atoms with E-state index in [-0.39, 0.29) is 6.10 Å². The van der Waals surface area contributed by atoms with E-state index in [1.54, 1.807) is 0 Å². The molecule has 0 bridgehead atoms. The molecule has 2 nitrogen and oxygen atoms in total. The van der Waals surface area contributed by atoms with Crippen molar-refractivity contribution in [2.75, 3.05) is 6.61 Å². The minimum absolute atomic E-state index is 0.243. The lowest BCUT2D eigenvalue weighted by Crippen LogP contribution is -2.42. The third-order valence-electron chi connectivity index (χ3n) is 5.10. The van der Waals surface area contributed by atoms with Crippen LogP contribution in [-0.4, -0.2) is 23.4 Å². The average molecular weight is 274 g/mol. The number of aliphatic hydroxyl groups is 1. The van der Waals surface area contributed by atoms with Gasteiger partial charge in [-0.15, -0.1) is 0 Å². The van der Waals surface area contributed by atoms with Gasteiger partial charge in [0.2, 0.25) is 0 Å². The Kier molecular flexibility index (Phi) is 4.13. The van der Waals surface area contributed by atoms with Gasteiger partial charge in [-0.3, -0.25) is 0 Å². The third-order valence-corrected chi connectivity index (χ3v) is 5.10. The average Bonchev–Trinajstić information content (AvgIpc) is 2.47. The Morgan fingerprint density at radius 2 is 2.20 bits per heavy atom. The zero-order valence-corrected chi connectivity index (χ0v) is 12.5. The zero-order chi connectivity index (χ0) is 14.0. The van der Waals surface area contributed by atoms with Crippen LogP contribution >= 0.6 is 0 Å². The van der Waals surface area contributed by atoms with E-state index in [0.717, 1.165) is 25.7 Å². The molecular weight excluding hydrogens is 248 g/mol. The van der Waals surface area contributed by atoms with Crippen molar-refractivity contribution in [2.45, 2.75) is 69.5 Å². The van der Waals surface area contributed by atoms with E-state index in [9.17, 15) is 5.11 Å². The Hall–Kier alpha value is -0.860. The molecule has 1 heterocycles. The Balaban J connectivity index is 1.75. The van der Waals surface area contributed by atoms with Crippen molar-refractivity contribution in [1.82, 2.24) is 0 Å². The van der Waals surface area contributed by atoms with Crippen molar-refractivity contribution < 1.29 is 9.84 Å². The molecule has 0 saturated carbocycles. The molecule has 2 heteroatoms. The van der Waals surface area contributed by atoms with E-state index >= 15 is 0 Å². The van der Waals surface area contributed by atoms with Crippen LogP contribution < -0.4 is 0 Å². The minimum atomic E-state index is -0.520. The summed E-state index contributed by atoms with van der Waals surface area (Å²) in [6, 6.07) is 8.79. The molecule has 1 fully saturated rings. The van der Waals surface area contributed by atoms with Crippen LogP contribution in [0.4, 0.5) is 0 Å². The van der Waals surface area contributed by atoms with Crippen LogP contribution in [0.1, 0.15) is 62.5 Å². The van der Waals surface area contributed by atoms with Gasteiger partial charge in [-0.2, -0.15) is 0 Å². The molecule has 1 aliphatic carbocycles. The van der Waals surface area contributed by atoms with E-state index in [4.69, 9.17) is 4.74 Å². The summed E-state index contributed by atoms with van der Waals surface area (Å²) in [7, 11) is 0. The minimum Gasteiger partial charge on any atom is -0.390 e. The number of rotatable bonds is 3. The standard InChI is InChI=1S/C18H26O2/c1-2-16-13-18(19,10-11-20-16)12-15-8-5-7-14-6-3-4-9-17(14)15/h3-4,6,9,15-16,19H,2,5,7-8,10-13H2,1H3. The SMILES string of the molecule is CCC1CC(O)(CC2CCCc3ccccc32)CCO1. The second-order valence-corrected chi connectivity index (χ2v) is 6.57. The summed E-state index contributed by atoms with van der Waals surface area (Å²) in [4.78, 5) is 0. The summed E-state index contributed by atoms with van der Waals surface area (Å²) in [5.74, 6) is 0.528. The number of hydrogen-bond donors (Lipinski definition) is 1. The van der Waals surface area contributed by atoms with Gasteiger partial charge in [0, 0.05) is 13.0 Å². The largest absolute Gasteiger partial charge is 0.390 e. The maximum atomic E-state index is 11.0. The molecule has 3 atom stereocenters. The second kappa shape index (κ2) is 5.87. The molecule has 3 rings (SSSR count). The van der Waals surface area contributed by atoms with Crippen LogP contribution in [0.3, 0.4) is 0 Å². The van der Waals surface area contributed by atoms with Gasteiger partial charge in [-0.1, -0.05) is 31.2 Å². The Morgan fingerprint density at radius 3 is 3.05 bits per heavy atom. The summed E-state index contributed by atoms with van der Waals surface area (Å²) in [5.41, 5.74) is 2.45. The lowest BCUT2D eigenvalue weighted by atomic mass is 9.74. The molecule has 1 aromatic carbocycles. The highest BCUT2D eigenvalue weighted by molar-refractivity contribution is 5.32. The Bertz CT molecular complexity index is 456. The van der Waals surface area contributed by atoms with E-state index in [1.165, 1.54) is 30.4 Å². The molecule has 0 spiro atoms. The van der Waals surface area contributed by atoms with Gasteiger partial charge in [0.05, 0.1) is 11.7 Å². The molecule has 0 amide bonds. The first kappa shape index (κ1) is 14.1. The summed E-state index contributed by atoms with van der Waals surface area (Å²) in [5, 5.41) is 11.0. The van der Waals surface area contributed by atoms with Gasteiger partial charge < -0.3 is 9.84 Å². The fraction of sp³-hybridized carbons (Fsp3) is 0.667. The lowest BCUT2D eigenvalue weighted by Gasteiger charge is -2.40. The van der Waals surface area contributed by atoms with Crippen molar-refractivity contribution in [3.8, 4) is 0 Å². The normalized spacial score (nSPS) is 33.7. The fourth-order valence-electron chi connectivity index (χ4n) is 3.97.